The number of H-pyrrole nitrogens is 1. The van der Waals surface area contributed by atoms with Gasteiger partial charge in [-0.1, -0.05) is 18.2 Å². The van der Waals surface area contributed by atoms with Crippen LogP contribution in [-0.2, 0) is 6.54 Å². The topological polar surface area (TPSA) is 49.2 Å². The average Bonchev–Trinajstić information content (AvgIpc) is 3.04. The molecule has 3 rings (SSSR count). The van der Waals surface area contributed by atoms with Gasteiger partial charge >= 0.3 is 0 Å². The zero-order valence-corrected chi connectivity index (χ0v) is 11.5. The van der Waals surface area contributed by atoms with E-state index >= 15 is 0 Å². The van der Waals surface area contributed by atoms with Gasteiger partial charge in [0, 0.05) is 24.1 Å². The summed E-state index contributed by atoms with van der Waals surface area (Å²) in [6, 6.07) is 11.6. The lowest BCUT2D eigenvalue weighted by molar-refractivity contribution is 0.0777. The van der Waals surface area contributed by atoms with Crippen molar-refractivity contribution < 1.29 is 9.21 Å². The number of nitrogens with one attached hydrogen (secondary N) is 1. The van der Waals surface area contributed by atoms with Crippen LogP contribution in [0.3, 0.4) is 0 Å². The molecule has 0 spiro atoms. The molecule has 0 fully saturated rings. The molecule has 102 valence electrons. The van der Waals surface area contributed by atoms with Gasteiger partial charge in [0.05, 0.1) is 12.1 Å². The molecule has 2 heterocycles. The molecule has 0 aliphatic carbocycles. The zero-order chi connectivity index (χ0) is 14.1. The molecule has 4 nitrogen and oxygen atoms in total. The first-order valence-electron chi connectivity index (χ1n) is 6.52. The van der Waals surface area contributed by atoms with E-state index in [1.165, 1.54) is 0 Å². The quantitative estimate of drug-likeness (QED) is 0.792. The summed E-state index contributed by atoms with van der Waals surface area (Å²) in [7, 11) is 1.78. The molecule has 1 N–H and O–H groups in total. The summed E-state index contributed by atoms with van der Waals surface area (Å²) in [6.07, 6.45) is 1.76. The Morgan fingerprint density at radius 1 is 1.25 bits per heavy atom. The van der Waals surface area contributed by atoms with Crippen molar-refractivity contribution in [1.29, 1.82) is 0 Å². The van der Waals surface area contributed by atoms with Crippen LogP contribution in [0.15, 0.2) is 47.0 Å². The molecule has 0 unspecified atom stereocenters. The predicted octanol–water partition coefficient (Wildman–Crippen LogP) is 3.34. The van der Waals surface area contributed by atoms with E-state index in [2.05, 4.69) is 4.98 Å². The summed E-state index contributed by atoms with van der Waals surface area (Å²) in [5.74, 6) is 1.63. The average molecular weight is 268 g/mol. The third-order valence-electron chi connectivity index (χ3n) is 3.36. The SMILES string of the molecule is Cc1ccc(CN(C)C(=O)c2c[nH]c3ccccc23)o1. The molecule has 3 aromatic rings. The number of hydrogen-bond acceptors (Lipinski definition) is 2. The minimum atomic E-state index is -0.0171. The lowest BCUT2D eigenvalue weighted by Gasteiger charge is -2.15. The van der Waals surface area contributed by atoms with E-state index in [0.717, 1.165) is 22.4 Å². The van der Waals surface area contributed by atoms with Crippen molar-refractivity contribution in [2.45, 2.75) is 13.5 Å². The van der Waals surface area contributed by atoms with Gasteiger partial charge in [-0.3, -0.25) is 4.79 Å². The van der Waals surface area contributed by atoms with Crippen molar-refractivity contribution in [3.63, 3.8) is 0 Å². The second-order valence-corrected chi connectivity index (χ2v) is 4.92. The summed E-state index contributed by atoms with van der Waals surface area (Å²) in [5.41, 5.74) is 1.66. The highest BCUT2D eigenvalue weighted by atomic mass is 16.3. The van der Waals surface area contributed by atoms with Gasteiger partial charge in [-0.25, -0.2) is 0 Å². The second kappa shape index (κ2) is 4.89. The van der Waals surface area contributed by atoms with Crippen molar-refractivity contribution in [2.75, 3.05) is 7.05 Å². The van der Waals surface area contributed by atoms with Crippen molar-refractivity contribution >= 4 is 16.8 Å². The number of para-hydroxylation sites is 1. The Labute approximate surface area is 117 Å². The van der Waals surface area contributed by atoms with Gasteiger partial charge in [-0.05, 0) is 25.1 Å². The van der Waals surface area contributed by atoms with Crippen LogP contribution < -0.4 is 0 Å². The molecule has 0 bridgehead atoms. The van der Waals surface area contributed by atoms with Crippen LogP contribution in [-0.4, -0.2) is 22.8 Å². The van der Waals surface area contributed by atoms with Gasteiger partial charge in [0.1, 0.15) is 11.5 Å². The molecule has 2 aromatic heterocycles. The van der Waals surface area contributed by atoms with Crippen molar-refractivity contribution in [3.05, 3.63) is 59.7 Å². The fourth-order valence-corrected chi connectivity index (χ4v) is 2.33. The van der Waals surface area contributed by atoms with Gasteiger partial charge in [0.2, 0.25) is 0 Å². The molecule has 20 heavy (non-hydrogen) atoms. The van der Waals surface area contributed by atoms with Gasteiger partial charge in [0.15, 0.2) is 0 Å². The number of carbonyl (C=O) groups excluding carboxylic acids is 1. The smallest absolute Gasteiger partial charge is 0.256 e. The Kier molecular flexibility index (Phi) is 3.06. The van der Waals surface area contributed by atoms with Crippen molar-refractivity contribution in [2.24, 2.45) is 0 Å². The number of carbonyl (C=O) groups is 1. The summed E-state index contributed by atoms with van der Waals surface area (Å²) in [4.78, 5) is 17.3. The number of fused-ring (bicyclic) bond motifs is 1. The van der Waals surface area contributed by atoms with Crippen LogP contribution in [0, 0.1) is 6.92 Å². The molecule has 1 aromatic carbocycles. The van der Waals surface area contributed by atoms with Crippen molar-refractivity contribution in [3.8, 4) is 0 Å². The minimum Gasteiger partial charge on any atom is -0.464 e. The summed E-state index contributed by atoms with van der Waals surface area (Å²) >= 11 is 0. The van der Waals surface area contributed by atoms with Crippen LogP contribution in [0.2, 0.25) is 0 Å². The standard InChI is InChI=1S/C16H16N2O2/c1-11-7-8-12(20-11)10-18(2)16(19)14-9-17-15-6-4-3-5-13(14)15/h3-9,17H,10H2,1-2H3. The Morgan fingerprint density at radius 2 is 2.05 bits per heavy atom. The summed E-state index contributed by atoms with van der Waals surface area (Å²) < 4.78 is 5.51. The summed E-state index contributed by atoms with van der Waals surface area (Å²) in [6.45, 7) is 2.36. The molecule has 0 aliphatic rings. The molecule has 4 heteroatoms. The third-order valence-corrected chi connectivity index (χ3v) is 3.36. The van der Waals surface area contributed by atoms with Crippen LogP contribution >= 0.6 is 0 Å². The highest BCUT2D eigenvalue weighted by Gasteiger charge is 2.17. The van der Waals surface area contributed by atoms with E-state index in [1.54, 1.807) is 18.1 Å². The van der Waals surface area contributed by atoms with Gasteiger partial charge in [-0.15, -0.1) is 0 Å². The highest BCUT2D eigenvalue weighted by Crippen LogP contribution is 2.20. The minimum absolute atomic E-state index is 0.0171. The second-order valence-electron chi connectivity index (χ2n) is 4.92. The number of aromatic nitrogens is 1. The normalized spacial score (nSPS) is 10.9. The first-order chi connectivity index (χ1) is 9.65. The van der Waals surface area contributed by atoms with Crippen LogP contribution in [0.4, 0.5) is 0 Å². The number of amides is 1. The molecule has 0 aliphatic heterocycles. The molecule has 0 saturated heterocycles. The maximum absolute atomic E-state index is 12.5. The fourth-order valence-electron chi connectivity index (χ4n) is 2.33. The van der Waals surface area contributed by atoms with Gasteiger partial charge in [0.25, 0.3) is 5.91 Å². The molecule has 0 atom stereocenters. The van der Waals surface area contributed by atoms with Crippen molar-refractivity contribution in [1.82, 2.24) is 9.88 Å². The molecule has 1 amide bonds. The molecular weight excluding hydrogens is 252 g/mol. The van der Waals surface area contributed by atoms with E-state index in [-0.39, 0.29) is 5.91 Å². The molecular formula is C16H16N2O2. The number of nitrogens with zero attached hydrogens (tertiary/aromatic N) is 1. The van der Waals surface area contributed by atoms with Gasteiger partial charge in [-0.2, -0.15) is 0 Å². The van der Waals surface area contributed by atoms with E-state index in [4.69, 9.17) is 4.42 Å². The van der Waals surface area contributed by atoms with Crippen LogP contribution in [0.25, 0.3) is 10.9 Å². The lowest BCUT2D eigenvalue weighted by atomic mass is 10.1. The Balaban J connectivity index is 1.84. The monoisotopic (exact) mass is 268 g/mol. The zero-order valence-electron chi connectivity index (χ0n) is 11.5. The van der Waals surface area contributed by atoms with Gasteiger partial charge < -0.3 is 14.3 Å². The van der Waals surface area contributed by atoms with E-state index in [1.807, 2.05) is 43.3 Å². The van der Waals surface area contributed by atoms with Crippen LogP contribution in [0.1, 0.15) is 21.9 Å². The maximum atomic E-state index is 12.5. The number of aryl methyl sites for hydroxylation is 1. The number of hydrogen-bond donors (Lipinski definition) is 1. The van der Waals surface area contributed by atoms with E-state index < -0.39 is 0 Å². The summed E-state index contributed by atoms with van der Waals surface area (Å²) in [5, 5.41) is 0.944. The largest absolute Gasteiger partial charge is 0.464 e. The number of rotatable bonds is 3. The third kappa shape index (κ3) is 2.20. The Morgan fingerprint density at radius 3 is 2.80 bits per heavy atom. The first kappa shape index (κ1) is 12.5. The van der Waals surface area contributed by atoms with E-state index in [0.29, 0.717) is 12.1 Å². The Hall–Kier alpha value is -2.49. The van der Waals surface area contributed by atoms with Crippen LogP contribution in [0.5, 0.6) is 0 Å². The first-order valence-corrected chi connectivity index (χ1v) is 6.52. The number of benzene rings is 1. The Bertz CT molecular complexity index is 755. The number of furan rings is 1. The fraction of sp³-hybridized carbons (Fsp3) is 0.188. The molecule has 0 radical (unpaired) electrons. The highest BCUT2D eigenvalue weighted by molar-refractivity contribution is 6.06. The van der Waals surface area contributed by atoms with E-state index in [9.17, 15) is 4.79 Å². The predicted molar refractivity (Wildman–Crippen MR) is 77.5 cm³/mol. The number of aromatic amines is 1. The maximum Gasteiger partial charge on any atom is 0.256 e. The molecule has 0 saturated carbocycles. The lowest BCUT2D eigenvalue weighted by Crippen LogP contribution is -2.25.